The smallest absolute Gasteiger partial charge is 0.267 e. The van der Waals surface area contributed by atoms with Crippen molar-refractivity contribution >= 4 is 11.5 Å². The molecule has 0 amide bonds. The van der Waals surface area contributed by atoms with E-state index in [4.69, 9.17) is 0 Å². The first kappa shape index (κ1) is 16.1. The van der Waals surface area contributed by atoms with Crippen LogP contribution in [-0.4, -0.2) is 23.2 Å². The normalized spacial score (nSPS) is 23.5. The average Bonchev–Trinajstić information content (AvgIpc) is 3.20. The van der Waals surface area contributed by atoms with E-state index >= 15 is 0 Å². The summed E-state index contributed by atoms with van der Waals surface area (Å²) in [6.45, 7) is 0.832. The molecule has 1 fully saturated rings. The SMILES string of the molecule is O=C(Cc1ccc(F)cc1)C1(c2ccc3c(n2)CCCN3)CC1(F)F. The lowest BCUT2D eigenvalue weighted by Gasteiger charge is -2.21. The predicted molar refractivity (Wildman–Crippen MR) is 87.4 cm³/mol. The van der Waals surface area contributed by atoms with Crippen LogP contribution in [-0.2, 0) is 23.1 Å². The van der Waals surface area contributed by atoms with Gasteiger partial charge in [-0.3, -0.25) is 9.78 Å². The third kappa shape index (κ3) is 2.60. The Labute approximate surface area is 143 Å². The number of aryl methyl sites for hydroxylation is 1. The molecule has 1 aromatic carbocycles. The molecule has 130 valence electrons. The lowest BCUT2D eigenvalue weighted by molar-refractivity contribution is -0.123. The molecule has 2 heterocycles. The van der Waals surface area contributed by atoms with Crippen molar-refractivity contribution in [3.8, 4) is 0 Å². The average molecular weight is 346 g/mol. The lowest BCUT2D eigenvalue weighted by Crippen LogP contribution is -2.31. The summed E-state index contributed by atoms with van der Waals surface area (Å²) in [6.07, 6.45) is 0.923. The number of anilines is 1. The van der Waals surface area contributed by atoms with Crippen LogP contribution in [0.2, 0.25) is 0 Å². The van der Waals surface area contributed by atoms with Gasteiger partial charge in [0.15, 0.2) is 5.78 Å². The van der Waals surface area contributed by atoms with Gasteiger partial charge in [0.05, 0.1) is 17.1 Å². The number of carbonyl (C=O) groups is 1. The molecule has 0 radical (unpaired) electrons. The van der Waals surface area contributed by atoms with Crippen LogP contribution in [0.1, 0.15) is 29.8 Å². The van der Waals surface area contributed by atoms with Gasteiger partial charge in [-0.25, -0.2) is 13.2 Å². The Morgan fingerprint density at radius 3 is 2.56 bits per heavy atom. The first-order valence-electron chi connectivity index (χ1n) is 8.32. The van der Waals surface area contributed by atoms with Crippen molar-refractivity contribution < 1.29 is 18.0 Å². The third-order valence-corrected chi connectivity index (χ3v) is 5.06. The number of benzene rings is 1. The zero-order chi connectivity index (χ0) is 17.7. The largest absolute Gasteiger partial charge is 0.384 e. The molecule has 3 nitrogen and oxygen atoms in total. The number of alkyl halides is 2. The monoisotopic (exact) mass is 346 g/mol. The Hall–Kier alpha value is -2.37. The van der Waals surface area contributed by atoms with Gasteiger partial charge >= 0.3 is 0 Å². The van der Waals surface area contributed by atoms with Crippen LogP contribution in [0, 0.1) is 5.82 Å². The minimum absolute atomic E-state index is 0.145. The molecule has 1 N–H and O–H groups in total. The fraction of sp³-hybridized carbons (Fsp3) is 0.368. The molecule has 4 rings (SSSR count). The van der Waals surface area contributed by atoms with E-state index in [1.165, 1.54) is 30.3 Å². The Kier molecular flexibility index (Phi) is 3.60. The zero-order valence-corrected chi connectivity index (χ0v) is 13.5. The van der Waals surface area contributed by atoms with E-state index in [2.05, 4.69) is 10.3 Å². The van der Waals surface area contributed by atoms with Crippen molar-refractivity contribution in [2.45, 2.75) is 37.0 Å². The molecular formula is C19H17F3N2O. The van der Waals surface area contributed by atoms with Crippen LogP contribution in [0.5, 0.6) is 0 Å². The van der Waals surface area contributed by atoms with Crippen molar-refractivity contribution in [3.05, 3.63) is 59.2 Å². The second-order valence-electron chi connectivity index (χ2n) is 6.73. The van der Waals surface area contributed by atoms with Crippen molar-refractivity contribution in [3.63, 3.8) is 0 Å². The van der Waals surface area contributed by atoms with Crippen molar-refractivity contribution in [1.29, 1.82) is 0 Å². The fourth-order valence-electron chi connectivity index (χ4n) is 3.52. The summed E-state index contributed by atoms with van der Waals surface area (Å²) >= 11 is 0. The predicted octanol–water partition coefficient (Wildman–Crippen LogP) is 3.67. The van der Waals surface area contributed by atoms with Crippen LogP contribution in [0.3, 0.4) is 0 Å². The summed E-state index contributed by atoms with van der Waals surface area (Å²) in [6, 6.07) is 8.61. The summed E-state index contributed by atoms with van der Waals surface area (Å²) in [5, 5.41) is 3.19. The van der Waals surface area contributed by atoms with Crippen LogP contribution < -0.4 is 5.32 Å². The standard InChI is InChI=1S/C19H17F3N2O/c20-13-5-3-12(4-6-13)10-17(25)18(11-19(18,21)22)16-8-7-14-15(24-16)2-1-9-23-14/h3-8,23H,1-2,9-11H2. The number of nitrogens with one attached hydrogen (secondary N) is 1. The van der Waals surface area contributed by atoms with Gasteiger partial charge in [0.25, 0.3) is 5.92 Å². The minimum Gasteiger partial charge on any atom is -0.384 e. The molecule has 1 aliphatic carbocycles. The highest BCUT2D eigenvalue weighted by Crippen LogP contribution is 2.62. The molecule has 0 saturated heterocycles. The van der Waals surface area contributed by atoms with E-state index < -0.39 is 29.4 Å². The maximum absolute atomic E-state index is 14.3. The molecule has 25 heavy (non-hydrogen) atoms. The van der Waals surface area contributed by atoms with E-state index in [0.29, 0.717) is 12.0 Å². The number of hydrogen-bond acceptors (Lipinski definition) is 3. The van der Waals surface area contributed by atoms with Gasteiger partial charge in [0, 0.05) is 19.4 Å². The number of Topliss-reactive ketones (excluding diaryl/α,β-unsaturated/α-hetero) is 1. The van der Waals surface area contributed by atoms with Crippen LogP contribution in [0.15, 0.2) is 36.4 Å². The summed E-state index contributed by atoms with van der Waals surface area (Å²) in [5.41, 5.74) is 0.397. The van der Waals surface area contributed by atoms with E-state index in [9.17, 15) is 18.0 Å². The number of fused-ring (bicyclic) bond motifs is 1. The molecule has 2 aliphatic rings. The Morgan fingerprint density at radius 1 is 1.16 bits per heavy atom. The zero-order valence-electron chi connectivity index (χ0n) is 13.5. The molecule has 1 saturated carbocycles. The van der Waals surface area contributed by atoms with E-state index in [1.807, 2.05) is 0 Å². The minimum atomic E-state index is -3.09. The topological polar surface area (TPSA) is 42.0 Å². The summed E-state index contributed by atoms with van der Waals surface area (Å²) in [4.78, 5) is 17.1. The van der Waals surface area contributed by atoms with Gasteiger partial charge in [-0.15, -0.1) is 0 Å². The van der Waals surface area contributed by atoms with Crippen LogP contribution >= 0.6 is 0 Å². The van der Waals surface area contributed by atoms with E-state index in [0.717, 1.165) is 24.3 Å². The maximum atomic E-state index is 14.3. The van der Waals surface area contributed by atoms with Crippen molar-refractivity contribution in [2.75, 3.05) is 11.9 Å². The van der Waals surface area contributed by atoms with Crippen molar-refractivity contribution in [1.82, 2.24) is 4.98 Å². The highest BCUT2D eigenvalue weighted by atomic mass is 19.3. The molecule has 1 aromatic heterocycles. The molecular weight excluding hydrogens is 329 g/mol. The van der Waals surface area contributed by atoms with Gasteiger partial charge in [-0.05, 0) is 42.7 Å². The quantitative estimate of drug-likeness (QED) is 0.919. The van der Waals surface area contributed by atoms with Gasteiger partial charge in [-0.2, -0.15) is 0 Å². The van der Waals surface area contributed by atoms with Gasteiger partial charge in [0.1, 0.15) is 11.2 Å². The number of halogens is 3. The molecule has 2 aromatic rings. The first-order chi connectivity index (χ1) is 11.9. The fourth-order valence-corrected chi connectivity index (χ4v) is 3.52. The van der Waals surface area contributed by atoms with E-state index in [1.54, 1.807) is 6.07 Å². The molecule has 1 unspecified atom stereocenters. The maximum Gasteiger partial charge on any atom is 0.267 e. The number of aromatic nitrogens is 1. The Bertz CT molecular complexity index is 835. The molecule has 1 atom stereocenters. The molecule has 0 spiro atoms. The molecule has 1 aliphatic heterocycles. The molecule has 0 bridgehead atoms. The number of hydrogen-bond donors (Lipinski definition) is 1. The van der Waals surface area contributed by atoms with Crippen LogP contribution in [0.4, 0.5) is 18.9 Å². The number of carbonyl (C=O) groups excluding carboxylic acids is 1. The first-order valence-corrected chi connectivity index (χ1v) is 8.32. The second-order valence-corrected chi connectivity index (χ2v) is 6.73. The third-order valence-electron chi connectivity index (χ3n) is 5.06. The van der Waals surface area contributed by atoms with Gasteiger partial charge in [0.2, 0.25) is 0 Å². The molecule has 6 heteroatoms. The number of pyridine rings is 1. The number of rotatable bonds is 4. The van der Waals surface area contributed by atoms with Crippen molar-refractivity contribution in [2.24, 2.45) is 0 Å². The summed E-state index contributed by atoms with van der Waals surface area (Å²) < 4.78 is 41.5. The number of ketones is 1. The lowest BCUT2D eigenvalue weighted by atomic mass is 9.90. The highest BCUT2D eigenvalue weighted by Gasteiger charge is 2.76. The van der Waals surface area contributed by atoms with Gasteiger partial charge < -0.3 is 5.32 Å². The summed E-state index contributed by atoms with van der Waals surface area (Å²) in [7, 11) is 0. The Morgan fingerprint density at radius 2 is 1.88 bits per heavy atom. The number of nitrogens with zero attached hydrogens (tertiary/aromatic N) is 1. The Balaban J connectivity index is 1.66. The van der Waals surface area contributed by atoms with Crippen LogP contribution in [0.25, 0.3) is 0 Å². The highest BCUT2D eigenvalue weighted by molar-refractivity contribution is 5.96. The summed E-state index contributed by atoms with van der Waals surface area (Å²) in [5.74, 6) is -4.08. The second kappa shape index (κ2) is 5.58. The van der Waals surface area contributed by atoms with E-state index in [-0.39, 0.29) is 12.1 Å². The van der Waals surface area contributed by atoms with Gasteiger partial charge in [-0.1, -0.05) is 12.1 Å².